The Labute approximate surface area is 326 Å². The molecule has 0 amide bonds. The van der Waals surface area contributed by atoms with Gasteiger partial charge in [-0.15, -0.1) is 69.1 Å². The number of hydrogen-bond acceptors (Lipinski definition) is 0. The fraction of sp³-hybridized carbons (Fsp3) is 0.375. The molecule has 0 aliphatic carbocycles. The largest absolute Gasteiger partial charge is 0.164 e. The van der Waals surface area contributed by atoms with Gasteiger partial charge in [0.15, 0.2) is 0 Å². The second kappa shape index (κ2) is 21.5. The van der Waals surface area contributed by atoms with Crippen LogP contribution in [0.15, 0.2) is 109 Å². The van der Waals surface area contributed by atoms with Crippen LogP contribution in [0.3, 0.4) is 0 Å². The Morgan fingerprint density at radius 1 is 0.520 bits per heavy atom. The third-order valence-corrected chi connectivity index (χ3v) is 9.13. The van der Waals surface area contributed by atoms with E-state index in [1.807, 2.05) is 0 Å². The Kier molecular flexibility index (Phi) is 17.9. The Morgan fingerprint density at radius 2 is 0.880 bits per heavy atom. The van der Waals surface area contributed by atoms with E-state index >= 15 is 0 Å². The van der Waals surface area contributed by atoms with Gasteiger partial charge in [-0.1, -0.05) is 152 Å². The molecule has 50 heavy (non-hydrogen) atoms. The zero-order chi connectivity index (χ0) is 35.2. The van der Waals surface area contributed by atoms with E-state index in [4.69, 9.17) is 0 Å². The molecule has 262 valence electrons. The van der Waals surface area contributed by atoms with Gasteiger partial charge < -0.3 is 0 Å². The van der Waals surface area contributed by atoms with Gasteiger partial charge in [0.1, 0.15) is 0 Å². The molecule has 0 aliphatic heterocycles. The second-order valence-corrected chi connectivity index (χ2v) is 15.6. The molecule has 6 aromatic rings. The number of hydrogen-bond donors (Lipinski definition) is 0. The van der Waals surface area contributed by atoms with E-state index in [2.05, 4.69) is 164 Å². The average molecular weight is 844 g/mol. The van der Waals surface area contributed by atoms with Gasteiger partial charge in [-0.2, -0.15) is 12.1 Å². The molecule has 0 spiro atoms. The van der Waals surface area contributed by atoms with Crippen molar-refractivity contribution in [2.24, 2.45) is 11.8 Å². The normalized spacial score (nSPS) is 10.9. The molecule has 0 atom stereocenters. The maximum atomic E-state index is 2.41. The van der Waals surface area contributed by atoms with Crippen molar-refractivity contribution in [3.8, 4) is 22.3 Å². The van der Waals surface area contributed by atoms with E-state index in [1.54, 1.807) is 0 Å². The predicted octanol–water partition coefficient (Wildman–Crippen LogP) is 14.3. The molecular formula is C48H60HfSi-2. The fourth-order valence-electron chi connectivity index (χ4n) is 6.92. The summed E-state index contributed by atoms with van der Waals surface area (Å²) in [6.07, 6.45) is 9.71. The molecule has 2 heteroatoms. The summed E-state index contributed by atoms with van der Waals surface area (Å²) in [4.78, 5) is 0. The smallest absolute Gasteiger partial charge is 0.0307 e. The fourth-order valence-corrected chi connectivity index (χ4v) is 6.92. The molecule has 0 saturated carbocycles. The van der Waals surface area contributed by atoms with E-state index in [-0.39, 0.29) is 25.8 Å². The van der Waals surface area contributed by atoms with E-state index in [0.717, 1.165) is 22.4 Å². The summed E-state index contributed by atoms with van der Waals surface area (Å²) >= 11 is 0. The van der Waals surface area contributed by atoms with Crippen LogP contribution in [0.1, 0.15) is 89.5 Å². The van der Waals surface area contributed by atoms with Gasteiger partial charge in [-0.05, 0) is 59.8 Å². The van der Waals surface area contributed by atoms with Gasteiger partial charge in [0.2, 0.25) is 0 Å². The summed E-state index contributed by atoms with van der Waals surface area (Å²) in [5.74, 6) is 1.35. The Hall–Kier alpha value is -2.81. The summed E-state index contributed by atoms with van der Waals surface area (Å²) in [6, 6.07) is 40.8. The van der Waals surface area contributed by atoms with Gasteiger partial charge in [-0.25, -0.2) is 0 Å². The number of fused-ring (bicyclic) bond motifs is 2. The van der Waals surface area contributed by atoms with Crippen LogP contribution in [0.4, 0.5) is 0 Å². The molecule has 0 aromatic heterocycles. The first-order chi connectivity index (χ1) is 23.8. The van der Waals surface area contributed by atoms with Crippen molar-refractivity contribution in [1.82, 2.24) is 0 Å². The van der Waals surface area contributed by atoms with Crippen LogP contribution < -0.4 is 0 Å². The molecule has 6 rings (SSSR count). The topological polar surface area (TPSA) is 0 Å². The molecule has 0 unspecified atom stereocenters. The SMILES string of the molecule is CCCCc1cc2c(-c3ccccc3CC(C)C)cccc2[cH-]1.CCCCc1cc2c(-c3ccccc3CC(C)C)cccc2[cH-]1.C[Si]C.[Hf]. The van der Waals surface area contributed by atoms with Crippen LogP contribution in [-0.4, -0.2) is 9.52 Å². The molecule has 0 heterocycles. The van der Waals surface area contributed by atoms with Crippen LogP contribution in [0.5, 0.6) is 0 Å². The van der Waals surface area contributed by atoms with Crippen LogP contribution in [0, 0.1) is 11.8 Å². The first-order valence-corrected chi connectivity index (χ1v) is 20.9. The third kappa shape index (κ3) is 11.6. The van der Waals surface area contributed by atoms with Crippen LogP contribution in [0.25, 0.3) is 43.8 Å². The Balaban J connectivity index is 0.000000246. The zero-order valence-corrected chi connectivity index (χ0v) is 36.8. The quantitative estimate of drug-likeness (QED) is 0.0850. The third-order valence-electron chi connectivity index (χ3n) is 9.13. The van der Waals surface area contributed by atoms with Crippen molar-refractivity contribution in [2.45, 2.75) is 106 Å². The number of unbranched alkanes of at least 4 members (excludes halogenated alkanes) is 2. The van der Waals surface area contributed by atoms with Gasteiger partial charge in [0.05, 0.1) is 0 Å². The maximum Gasteiger partial charge on any atom is 0.0307 e. The van der Waals surface area contributed by atoms with Gasteiger partial charge in [-0.3, -0.25) is 0 Å². The predicted molar refractivity (Wildman–Crippen MR) is 222 cm³/mol. The minimum Gasteiger partial charge on any atom is -0.164 e. The molecular weight excluding hydrogens is 783 g/mol. The van der Waals surface area contributed by atoms with Crippen LogP contribution in [0.2, 0.25) is 13.1 Å². The Bertz CT molecular complexity index is 1710. The molecule has 0 bridgehead atoms. The Morgan fingerprint density at radius 3 is 1.24 bits per heavy atom. The standard InChI is InChI=1S/2C23H27.C2H6Si.Hf/c2*1-4-5-9-18-15-20-11-8-13-22(23(20)16-18)21-12-7-6-10-19(21)14-17(2)3;1-3-2;/h2*6-8,10-13,15-17H,4-5,9,14H2,1-3H3;1-2H3;/q2*-1;;. The molecule has 2 radical (unpaired) electrons. The number of rotatable bonds is 12. The second-order valence-electron chi connectivity index (χ2n) is 14.6. The monoisotopic (exact) mass is 844 g/mol. The van der Waals surface area contributed by atoms with Gasteiger partial charge >= 0.3 is 0 Å². The summed E-state index contributed by atoms with van der Waals surface area (Å²) < 4.78 is 0. The summed E-state index contributed by atoms with van der Waals surface area (Å²) in [5.41, 5.74) is 11.5. The first-order valence-electron chi connectivity index (χ1n) is 18.9. The summed E-state index contributed by atoms with van der Waals surface area (Å²) in [7, 11) is 1.08. The molecule has 0 fully saturated rings. The van der Waals surface area contributed by atoms with Crippen molar-refractivity contribution >= 4 is 31.1 Å². The number of aryl methyl sites for hydroxylation is 2. The average Bonchev–Trinajstić information content (AvgIpc) is 3.71. The summed E-state index contributed by atoms with van der Waals surface area (Å²) in [6.45, 7) is 18.0. The maximum absolute atomic E-state index is 2.41. The van der Waals surface area contributed by atoms with E-state index in [1.165, 1.54) is 105 Å². The molecule has 0 nitrogen and oxygen atoms in total. The van der Waals surface area contributed by atoms with Crippen molar-refractivity contribution < 1.29 is 25.8 Å². The van der Waals surface area contributed by atoms with E-state index in [9.17, 15) is 0 Å². The van der Waals surface area contributed by atoms with Crippen molar-refractivity contribution in [1.29, 1.82) is 0 Å². The molecule has 6 aromatic carbocycles. The minimum atomic E-state index is 0. The van der Waals surface area contributed by atoms with Gasteiger partial charge in [0.25, 0.3) is 0 Å². The minimum absolute atomic E-state index is 0. The molecule has 0 aliphatic rings. The molecule has 0 saturated heterocycles. The number of benzene rings is 4. The van der Waals surface area contributed by atoms with Gasteiger partial charge in [0, 0.05) is 35.4 Å². The molecule has 0 N–H and O–H groups in total. The van der Waals surface area contributed by atoms with Crippen molar-refractivity contribution in [3.05, 3.63) is 131 Å². The van der Waals surface area contributed by atoms with E-state index < -0.39 is 0 Å². The van der Waals surface area contributed by atoms with Crippen molar-refractivity contribution in [2.75, 3.05) is 0 Å². The summed E-state index contributed by atoms with van der Waals surface area (Å²) in [5, 5.41) is 5.59. The van der Waals surface area contributed by atoms with Crippen molar-refractivity contribution in [3.63, 3.8) is 0 Å². The van der Waals surface area contributed by atoms with Crippen LogP contribution >= 0.6 is 0 Å². The van der Waals surface area contributed by atoms with Crippen LogP contribution in [-0.2, 0) is 51.5 Å². The van der Waals surface area contributed by atoms with E-state index in [0.29, 0.717) is 11.8 Å². The first kappa shape index (κ1) is 41.6. The zero-order valence-electron chi connectivity index (χ0n) is 32.2.